The van der Waals surface area contributed by atoms with Crippen LogP contribution in [0.2, 0.25) is 0 Å². The number of hydrogen-bond donors (Lipinski definition) is 2. The lowest BCUT2D eigenvalue weighted by atomic mass is 10.0. The molecule has 0 amide bonds. The average molecular weight is 365 g/mol. The van der Waals surface area contributed by atoms with Crippen molar-refractivity contribution < 1.29 is 10.2 Å². The van der Waals surface area contributed by atoms with Crippen molar-refractivity contribution in [2.24, 2.45) is 0 Å². The van der Waals surface area contributed by atoms with E-state index in [1.807, 2.05) is 58.6 Å². The molecule has 0 fully saturated rings. The first-order valence-corrected chi connectivity index (χ1v) is 9.33. The van der Waals surface area contributed by atoms with Crippen molar-refractivity contribution in [2.75, 3.05) is 0 Å². The molecule has 26 heavy (non-hydrogen) atoms. The van der Waals surface area contributed by atoms with Gasteiger partial charge in [-0.3, -0.25) is 0 Å². The number of nitrogens with zero attached hydrogens (tertiary/aromatic N) is 3. The van der Waals surface area contributed by atoms with Crippen LogP contribution in [0.5, 0.6) is 11.6 Å². The van der Waals surface area contributed by atoms with Crippen LogP contribution in [-0.2, 0) is 13.1 Å². The molecule has 5 nitrogen and oxygen atoms in total. The van der Waals surface area contributed by atoms with Crippen LogP contribution in [0.4, 0.5) is 0 Å². The Hall–Kier alpha value is -2.99. The molecule has 0 bridgehead atoms. The molecule has 1 aromatic carbocycles. The van der Waals surface area contributed by atoms with Crippen molar-refractivity contribution in [2.45, 2.75) is 19.5 Å². The van der Waals surface area contributed by atoms with Crippen molar-refractivity contribution >= 4 is 11.3 Å². The van der Waals surface area contributed by atoms with Crippen LogP contribution in [0.3, 0.4) is 0 Å². The van der Waals surface area contributed by atoms with E-state index < -0.39 is 0 Å². The quantitative estimate of drug-likeness (QED) is 0.526. The third-order valence-corrected chi connectivity index (χ3v) is 5.26. The van der Waals surface area contributed by atoms with Gasteiger partial charge in [-0.2, -0.15) is 0 Å². The summed E-state index contributed by atoms with van der Waals surface area (Å²) >= 11 is 1.59. The van der Waals surface area contributed by atoms with Crippen LogP contribution in [0.15, 0.2) is 66.6 Å². The van der Waals surface area contributed by atoms with E-state index in [0.717, 1.165) is 29.1 Å². The van der Waals surface area contributed by atoms with E-state index in [9.17, 15) is 10.2 Å². The van der Waals surface area contributed by atoms with Gasteiger partial charge in [0.05, 0.1) is 22.5 Å². The van der Waals surface area contributed by atoms with E-state index >= 15 is 0 Å². The molecule has 3 heterocycles. The van der Waals surface area contributed by atoms with E-state index in [1.54, 1.807) is 28.4 Å². The topological polar surface area (TPSA) is 63.2 Å². The van der Waals surface area contributed by atoms with Crippen LogP contribution in [0, 0.1) is 0 Å². The monoisotopic (exact) mass is 365 g/mol. The van der Waals surface area contributed by atoms with E-state index in [1.165, 1.54) is 0 Å². The van der Waals surface area contributed by atoms with Gasteiger partial charge < -0.3 is 19.3 Å². The fourth-order valence-corrected chi connectivity index (χ4v) is 3.97. The molecule has 0 radical (unpaired) electrons. The molecule has 3 aromatic heterocycles. The molecule has 0 aliphatic rings. The molecule has 132 valence electrons. The fourth-order valence-electron chi connectivity index (χ4n) is 3.19. The number of hydrogen-bond acceptors (Lipinski definition) is 4. The molecule has 0 aliphatic carbocycles. The van der Waals surface area contributed by atoms with E-state index in [0.29, 0.717) is 12.1 Å². The van der Waals surface area contributed by atoms with Gasteiger partial charge in [0.15, 0.2) is 5.75 Å². The largest absolute Gasteiger partial charge is 0.503 e. The van der Waals surface area contributed by atoms with Gasteiger partial charge in [-0.1, -0.05) is 36.4 Å². The average Bonchev–Trinajstić information content (AvgIpc) is 3.40. The molecule has 0 atom stereocenters. The van der Waals surface area contributed by atoms with E-state index in [2.05, 4.69) is 4.98 Å². The summed E-state index contributed by atoms with van der Waals surface area (Å²) in [4.78, 5) is 5.07. The molecular formula is C20H19N3O2S. The van der Waals surface area contributed by atoms with Gasteiger partial charge in [-0.15, -0.1) is 11.3 Å². The van der Waals surface area contributed by atoms with Gasteiger partial charge in [-0.25, -0.2) is 4.98 Å². The van der Waals surface area contributed by atoms with Crippen molar-refractivity contribution in [3.8, 4) is 33.3 Å². The highest BCUT2D eigenvalue weighted by molar-refractivity contribution is 7.13. The molecular weight excluding hydrogens is 346 g/mol. The SMILES string of the molecule is Oc1c(-c2ccccc2)c(-c2cccs2)n(CCCn2ccnc2)c1O. The Morgan fingerprint density at radius 2 is 1.85 bits per heavy atom. The molecule has 0 saturated carbocycles. The molecule has 0 unspecified atom stereocenters. The standard InChI is InChI=1S/C20H19N3O2S/c24-19-17(15-6-2-1-3-7-15)18(16-8-4-13-26-16)23(20(19)25)11-5-10-22-12-9-21-14-22/h1-4,6-9,12-14,24-25H,5,10-11H2. The first-order valence-electron chi connectivity index (χ1n) is 8.45. The fraction of sp³-hybridized carbons (Fsp3) is 0.150. The highest BCUT2D eigenvalue weighted by Crippen LogP contribution is 2.48. The minimum absolute atomic E-state index is 0.0674. The number of benzene rings is 1. The smallest absolute Gasteiger partial charge is 0.235 e. The molecule has 0 spiro atoms. The summed E-state index contributed by atoms with van der Waals surface area (Å²) in [6, 6.07) is 13.7. The van der Waals surface area contributed by atoms with Gasteiger partial charge in [0.1, 0.15) is 0 Å². The summed E-state index contributed by atoms with van der Waals surface area (Å²) in [5.74, 6) is -0.153. The molecule has 4 rings (SSSR count). The van der Waals surface area contributed by atoms with Crippen molar-refractivity contribution in [3.05, 3.63) is 66.6 Å². The Bertz CT molecular complexity index is 974. The highest BCUT2D eigenvalue weighted by atomic mass is 32.1. The zero-order valence-electron chi connectivity index (χ0n) is 14.1. The number of aromatic hydroxyl groups is 2. The summed E-state index contributed by atoms with van der Waals surface area (Å²) in [5.41, 5.74) is 2.41. The molecule has 2 N–H and O–H groups in total. The molecule has 6 heteroatoms. The molecule has 0 aliphatic heterocycles. The van der Waals surface area contributed by atoms with Gasteiger partial charge in [0.2, 0.25) is 5.88 Å². The number of rotatable bonds is 6. The van der Waals surface area contributed by atoms with Crippen molar-refractivity contribution in [1.82, 2.24) is 14.1 Å². The summed E-state index contributed by atoms with van der Waals surface area (Å²) in [6.45, 7) is 1.39. The predicted octanol–water partition coefficient (Wildman–Crippen LogP) is 4.58. The second kappa shape index (κ2) is 7.09. The lowest BCUT2D eigenvalue weighted by molar-refractivity contribution is 0.369. The summed E-state index contributed by atoms with van der Waals surface area (Å²) in [5, 5.41) is 23.3. The second-order valence-electron chi connectivity index (χ2n) is 6.04. The molecule has 4 aromatic rings. The van der Waals surface area contributed by atoms with E-state index in [-0.39, 0.29) is 11.6 Å². The predicted molar refractivity (Wildman–Crippen MR) is 103 cm³/mol. The Labute approximate surface area is 155 Å². The maximum Gasteiger partial charge on any atom is 0.235 e. The van der Waals surface area contributed by atoms with Gasteiger partial charge >= 0.3 is 0 Å². The van der Waals surface area contributed by atoms with E-state index in [4.69, 9.17) is 0 Å². The number of imidazole rings is 1. The van der Waals surface area contributed by atoms with Crippen molar-refractivity contribution in [3.63, 3.8) is 0 Å². The van der Waals surface area contributed by atoms with Crippen LogP contribution in [0.25, 0.3) is 21.7 Å². The van der Waals surface area contributed by atoms with Gasteiger partial charge in [-0.05, 0) is 23.4 Å². The second-order valence-corrected chi connectivity index (χ2v) is 6.99. The minimum atomic E-state index is -0.0853. The first-order chi connectivity index (χ1) is 12.8. The minimum Gasteiger partial charge on any atom is -0.503 e. The van der Waals surface area contributed by atoms with Crippen LogP contribution >= 0.6 is 11.3 Å². The van der Waals surface area contributed by atoms with Crippen molar-refractivity contribution in [1.29, 1.82) is 0 Å². The Morgan fingerprint density at radius 1 is 1.00 bits per heavy atom. The summed E-state index contributed by atoms with van der Waals surface area (Å²) in [7, 11) is 0. The van der Waals surface area contributed by atoms with Crippen LogP contribution in [0.1, 0.15) is 6.42 Å². The Morgan fingerprint density at radius 3 is 2.54 bits per heavy atom. The zero-order valence-corrected chi connectivity index (χ0v) is 14.9. The van der Waals surface area contributed by atoms with Gasteiger partial charge in [0.25, 0.3) is 0 Å². The summed E-state index contributed by atoms with van der Waals surface area (Å²) in [6.07, 6.45) is 6.26. The zero-order chi connectivity index (χ0) is 17.9. The molecule has 0 saturated heterocycles. The summed E-state index contributed by atoms with van der Waals surface area (Å²) < 4.78 is 3.81. The Balaban J connectivity index is 1.75. The van der Waals surface area contributed by atoms with Crippen LogP contribution < -0.4 is 0 Å². The Kier molecular flexibility index (Phi) is 4.50. The normalized spacial score (nSPS) is 11.1. The first kappa shape index (κ1) is 16.5. The maximum atomic E-state index is 10.7. The highest BCUT2D eigenvalue weighted by Gasteiger charge is 2.24. The number of aryl methyl sites for hydroxylation is 1. The third-order valence-electron chi connectivity index (χ3n) is 4.39. The maximum absolute atomic E-state index is 10.7. The number of thiophene rings is 1. The van der Waals surface area contributed by atoms with Crippen LogP contribution in [-0.4, -0.2) is 24.3 Å². The number of aromatic nitrogens is 3. The third kappa shape index (κ3) is 2.99. The lowest BCUT2D eigenvalue weighted by Gasteiger charge is -2.11. The lowest BCUT2D eigenvalue weighted by Crippen LogP contribution is -2.04. The van der Waals surface area contributed by atoms with Gasteiger partial charge in [0, 0.05) is 25.5 Å².